The summed E-state index contributed by atoms with van der Waals surface area (Å²) in [5.74, 6) is 0. The van der Waals surface area contributed by atoms with Gasteiger partial charge in [-0.05, 0) is 19.8 Å². The molecule has 0 aliphatic rings. The molecule has 0 amide bonds. The summed E-state index contributed by atoms with van der Waals surface area (Å²) < 4.78 is 26.8. The van der Waals surface area contributed by atoms with Gasteiger partial charge < -0.3 is 5.11 Å². The summed E-state index contributed by atoms with van der Waals surface area (Å²) in [5.41, 5.74) is 0. The fourth-order valence-electron chi connectivity index (χ4n) is 0.841. The molecule has 0 radical (unpaired) electrons. The van der Waals surface area contributed by atoms with Gasteiger partial charge in [-0.1, -0.05) is 6.92 Å². The van der Waals surface area contributed by atoms with E-state index in [1.165, 1.54) is 11.4 Å². The van der Waals surface area contributed by atoms with Crippen LogP contribution < -0.4 is 4.72 Å². The molecule has 6 heteroatoms. The first-order valence-electron chi connectivity index (χ1n) is 4.78. The van der Waals surface area contributed by atoms with Crippen molar-refractivity contribution in [2.75, 3.05) is 20.2 Å². The number of nitrogens with zero attached hydrogens (tertiary/aromatic N) is 1. The number of rotatable bonds is 7. The second-order valence-electron chi connectivity index (χ2n) is 3.33. The molecule has 86 valence electrons. The van der Waals surface area contributed by atoms with Gasteiger partial charge in [0.15, 0.2) is 0 Å². The Balaban J connectivity index is 4.17. The van der Waals surface area contributed by atoms with E-state index in [2.05, 4.69) is 4.72 Å². The summed E-state index contributed by atoms with van der Waals surface area (Å²) in [7, 11) is -1.87. The standard InChI is InChI=1S/C8H20N2O3S/c1-4-8(2)9-14(12,13)10(3)6-5-7-11/h8-9,11H,4-7H2,1-3H3. The Morgan fingerprint density at radius 2 is 2.07 bits per heavy atom. The van der Waals surface area contributed by atoms with Crippen LogP contribution in [-0.2, 0) is 10.2 Å². The van der Waals surface area contributed by atoms with E-state index in [9.17, 15) is 8.42 Å². The minimum absolute atomic E-state index is 0.00317. The summed E-state index contributed by atoms with van der Waals surface area (Å²) >= 11 is 0. The van der Waals surface area contributed by atoms with E-state index < -0.39 is 10.2 Å². The van der Waals surface area contributed by atoms with Gasteiger partial charge in [0.2, 0.25) is 0 Å². The zero-order valence-corrected chi connectivity index (χ0v) is 9.84. The molecule has 0 aromatic carbocycles. The van der Waals surface area contributed by atoms with Crippen molar-refractivity contribution in [3.05, 3.63) is 0 Å². The SMILES string of the molecule is CCC(C)NS(=O)(=O)N(C)CCCO. The van der Waals surface area contributed by atoms with Gasteiger partial charge >= 0.3 is 0 Å². The smallest absolute Gasteiger partial charge is 0.279 e. The quantitative estimate of drug-likeness (QED) is 0.636. The molecule has 1 atom stereocenters. The van der Waals surface area contributed by atoms with Crippen LogP contribution in [0, 0.1) is 0 Å². The van der Waals surface area contributed by atoms with Gasteiger partial charge in [0.05, 0.1) is 0 Å². The van der Waals surface area contributed by atoms with Gasteiger partial charge in [-0.25, -0.2) is 0 Å². The molecular formula is C8H20N2O3S. The molecule has 5 nitrogen and oxygen atoms in total. The molecule has 0 saturated heterocycles. The maximum absolute atomic E-state index is 11.5. The molecule has 0 rings (SSSR count). The second kappa shape index (κ2) is 6.34. The average molecular weight is 224 g/mol. The van der Waals surface area contributed by atoms with Gasteiger partial charge in [0.25, 0.3) is 10.2 Å². The number of aliphatic hydroxyl groups excluding tert-OH is 1. The summed E-state index contributed by atoms with van der Waals surface area (Å²) in [5, 5.41) is 8.57. The molecule has 0 fully saturated rings. The van der Waals surface area contributed by atoms with Crippen molar-refractivity contribution >= 4 is 10.2 Å². The van der Waals surface area contributed by atoms with Gasteiger partial charge in [0.1, 0.15) is 0 Å². The summed E-state index contributed by atoms with van der Waals surface area (Å²) in [6, 6.07) is -0.0587. The lowest BCUT2D eigenvalue weighted by atomic mass is 10.3. The maximum Gasteiger partial charge on any atom is 0.279 e. The van der Waals surface area contributed by atoms with Crippen molar-refractivity contribution in [3.8, 4) is 0 Å². The first-order chi connectivity index (χ1) is 6.44. The Kier molecular flexibility index (Phi) is 6.26. The lowest BCUT2D eigenvalue weighted by Gasteiger charge is -2.19. The Morgan fingerprint density at radius 3 is 2.50 bits per heavy atom. The number of hydrogen-bond donors (Lipinski definition) is 2. The van der Waals surface area contributed by atoms with Crippen molar-refractivity contribution in [3.63, 3.8) is 0 Å². The maximum atomic E-state index is 11.5. The lowest BCUT2D eigenvalue weighted by molar-refractivity contribution is 0.275. The van der Waals surface area contributed by atoms with Gasteiger partial charge in [-0.15, -0.1) is 0 Å². The van der Waals surface area contributed by atoms with Crippen LogP contribution in [0.4, 0.5) is 0 Å². The van der Waals surface area contributed by atoms with E-state index in [0.717, 1.165) is 6.42 Å². The minimum Gasteiger partial charge on any atom is -0.396 e. The average Bonchev–Trinajstić information content (AvgIpc) is 2.13. The molecule has 0 aliphatic carbocycles. The highest BCUT2D eigenvalue weighted by Crippen LogP contribution is 1.99. The first kappa shape index (κ1) is 13.8. The second-order valence-corrected chi connectivity index (χ2v) is 5.14. The number of hydrogen-bond acceptors (Lipinski definition) is 3. The monoisotopic (exact) mass is 224 g/mol. The molecule has 0 aromatic rings. The molecule has 0 spiro atoms. The first-order valence-corrected chi connectivity index (χ1v) is 6.22. The summed E-state index contributed by atoms with van der Waals surface area (Å²) in [6.45, 7) is 4.07. The highest BCUT2D eigenvalue weighted by atomic mass is 32.2. The van der Waals surface area contributed by atoms with Crippen LogP contribution in [0.2, 0.25) is 0 Å². The molecule has 1 unspecified atom stereocenters. The van der Waals surface area contributed by atoms with Crippen LogP contribution in [0.3, 0.4) is 0 Å². The fourth-order valence-corrected chi connectivity index (χ4v) is 2.07. The number of nitrogens with one attached hydrogen (secondary N) is 1. The Labute approximate surface area is 86.3 Å². The van der Waals surface area contributed by atoms with Crippen molar-refractivity contribution < 1.29 is 13.5 Å². The molecule has 2 N–H and O–H groups in total. The zero-order chi connectivity index (χ0) is 11.2. The zero-order valence-electron chi connectivity index (χ0n) is 9.02. The van der Waals surface area contributed by atoms with Gasteiger partial charge in [0, 0.05) is 26.2 Å². The van der Waals surface area contributed by atoms with Crippen LogP contribution in [-0.4, -0.2) is 44.1 Å². The fraction of sp³-hybridized carbons (Fsp3) is 1.00. The third kappa shape index (κ3) is 4.90. The van der Waals surface area contributed by atoms with Crippen molar-refractivity contribution in [1.82, 2.24) is 9.03 Å². The summed E-state index contributed by atoms with van der Waals surface area (Å²) in [4.78, 5) is 0. The van der Waals surface area contributed by atoms with Gasteiger partial charge in [-0.2, -0.15) is 17.4 Å². The van der Waals surface area contributed by atoms with E-state index in [1.807, 2.05) is 13.8 Å². The van der Waals surface area contributed by atoms with Crippen LogP contribution in [0.5, 0.6) is 0 Å². The van der Waals surface area contributed by atoms with Crippen molar-refractivity contribution in [1.29, 1.82) is 0 Å². The normalized spacial score (nSPS) is 14.6. The molecule has 0 heterocycles. The molecular weight excluding hydrogens is 204 g/mol. The molecule has 0 saturated carbocycles. The lowest BCUT2D eigenvalue weighted by Crippen LogP contribution is -2.42. The predicted molar refractivity (Wildman–Crippen MR) is 56.1 cm³/mol. The topological polar surface area (TPSA) is 69.6 Å². The Hall–Kier alpha value is -0.170. The highest BCUT2D eigenvalue weighted by molar-refractivity contribution is 7.87. The molecule has 14 heavy (non-hydrogen) atoms. The highest BCUT2D eigenvalue weighted by Gasteiger charge is 2.18. The van der Waals surface area contributed by atoms with Crippen molar-refractivity contribution in [2.45, 2.75) is 32.7 Å². The predicted octanol–water partition coefficient (Wildman–Crippen LogP) is -0.0665. The molecule has 0 aromatic heterocycles. The van der Waals surface area contributed by atoms with Crippen molar-refractivity contribution in [2.24, 2.45) is 0 Å². The number of aliphatic hydroxyl groups is 1. The largest absolute Gasteiger partial charge is 0.396 e. The van der Waals surface area contributed by atoms with Crippen LogP contribution in [0.25, 0.3) is 0 Å². The van der Waals surface area contributed by atoms with Gasteiger partial charge in [-0.3, -0.25) is 0 Å². The molecule has 0 bridgehead atoms. The minimum atomic E-state index is -3.37. The third-order valence-electron chi connectivity index (χ3n) is 2.00. The molecule has 0 aliphatic heterocycles. The van der Waals surface area contributed by atoms with E-state index in [-0.39, 0.29) is 12.6 Å². The van der Waals surface area contributed by atoms with Crippen LogP contribution in [0.1, 0.15) is 26.7 Å². The van der Waals surface area contributed by atoms with Crippen LogP contribution >= 0.6 is 0 Å². The van der Waals surface area contributed by atoms with E-state index in [0.29, 0.717) is 13.0 Å². The Morgan fingerprint density at radius 1 is 1.50 bits per heavy atom. The third-order valence-corrected chi connectivity index (χ3v) is 3.71. The van der Waals surface area contributed by atoms with E-state index >= 15 is 0 Å². The summed E-state index contributed by atoms with van der Waals surface area (Å²) in [6.07, 6.45) is 1.21. The Bertz CT molecular complexity index is 241. The van der Waals surface area contributed by atoms with E-state index in [4.69, 9.17) is 5.11 Å². The van der Waals surface area contributed by atoms with E-state index in [1.54, 1.807) is 0 Å². The van der Waals surface area contributed by atoms with Crippen LogP contribution in [0.15, 0.2) is 0 Å².